The smallest absolute Gasteiger partial charge is 0.332 e. The lowest BCUT2D eigenvalue weighted by molar-refractivity contribution is -0.147. The molecule has 502 valence electrons. The second-order valence-corrected chi connectivity index (χ2v) is 25.2. The molecule has 0 amide bonds. The van der Waals surface area contributed by atoms with Crippen molar-refractivity contribution >= 4 is 35.1 Å². The summed E-state index contributed by atoms with van der Waals surface area (Å²) in [5.41, 5.74) is 9.33. The van der Waals surface area contributed by atoms with Gasteiger partial charge in [0.25, 0.3) is 0 Å². The third-order valence-corrected chi connectivity index (χ3v) is 12.4. The number of carbonyl (C=O) groups excluding carboxylic acids is 5. The van der Waals surface area contributed by atoms with Crippen molar-refractivity contribution in [3.63, 3.8) is 0 Å². The number of esters is 1. The van der Waals surface area contributed by atoms with E-state index in [9.17, 15) is 28.8 Å². The zero-order valence-electron chi connectivity index (χ0n) is 59.2. The van der Waals surface area contributed by atoms with E-state index in [1.54, 1.807) is 32.9 Å². The van der Waals surface area contributed by atoms with Crippen molar-refractivity contribution in [3.05, 3.63) is 59.2 Å². The number of hydrogen-bond acceptors (Lipinski definition) is 11. The van der Waals surface area contributed by atoms with E-state index < -0.39 is 18.4 Å². The van der Waals surface area contributed by atoms with Crippen molar-refractivity contribution in [2.75, 3.05) is 13.7 Å². The molecule has 2 atom stereocenters. The summed E-state index contributed by atoms with van der Waals surface area (Å²) in [6, 6.07) is 10.5. The molecule has 2 unspecified atom stereocenters. The molecule has 0 aliphatic heterocycles. The van der Waals surface area contributed by atoms with Crippen LogP contribution in [0.25, 0.3) is 0 Å². The number of benzene rings is 1. The van der Waals surface area contributed by atoms with Crippen molar-refractivity contribution in [2.24, 2.45) is 23.0 Å². The predicted octanol–water partition coefficient (Wildman–Crippen LogP) is 19.6. The van der Waals surface area contributed by atoms with E-state index in [2.05, 4.69) is 84.4 Å². The minimum atomic E-state index is -1.23. The van der Waals surface area contributed by atoms with Crippen molar-refractivity contribution in [1.82, 2.24) is 0 Å². The average molecular weight is 1210 g/mol. The van der Waals surface area contributed by atoms with Gasteiger partial charge in [0.05, 0.1) is 6.10 Å². The van der Waals surface area contributed by atoms with Gasteiger partial charge in [0.2, 0.25) is 0 Å². The largest absolute Gasteiger partial charge is 0.479 e. The van der Waals surface area contributed by atoms with Crippen LogP contribution in [0.3, 0.4) is 0 Å². The number of ketones is 4. The van der Waals surface area contributed by atoms with E-state index in [1.807, 2.05) is 61.5 Å². The van der Waals surface area contributed by atoms with E-state index in [1.165, 1.54) is 154 Å². The molecule has 0 spiro atoms. The Bertz CT molecular complexity index is 1710. The topological polar surface area (TPSA) is 208 Å². The summed E-state index contributed by atoms with van der Waals surface area (Å²) in [5.74, 6) is 1.63. The second kappa shape index (κ2) is 69.3. The molecule has 0 radical (unpaired) electrons. The Morgan fingerprint density at radius 1 is 0.612 bits per heavy atom. The summed E-state index contributed by atoms with van der Waals surface area (Å²) in [6.07, 6.45) is 35.5. The number of unbranched alkanes of at least 4 members (excludes halogenated alkanes) is 19. The number of carboxylic acids is 1. The van der Waals surface area contributed by atoms with E-state index >= 15 is 0 Å². The highest BCUT2D eigenvalue weighted by molar-refractivity contribution is 5.91. The molecular weight excluding hydrogens is 1070 g/mol. The quantitative estimate of drug-likeness (QED) is 0.0224. The molecule has 0 aromatic heterocycles. The molecule has 0 saturated carbocycles. The lowest BCUT2D eigenvalue weighted by Gasteiger charge is -2.27. The molecule has 85 heavy (non-hydrogen) atoms. The summed E-state index contributed by atoms with van der Waals surface area (Å²) in [7, 11) is 1.48. The Balaban J connectivity index is -0.000000166. The molecule has 5 N–H and O–H groups in total. The fourth-order valence-corrected chi connectivity index (χ4v) is 8.03. The third-order valence-electron chi connectivity index (χ3n) is 12.4. The van der Waals surface area contributed by atoms with Crippen molar-refractivity contribution in [1.29, 1.82) is 0 Å². The highest BCUT2D eigenvalue weighted by atomic mass is 16.6. The van der Waals surface area contributed by atoms with E-state index in [-0.39, 0.29) is 34.8 Å². The number of ether oxygens (including phenoxy) is 2. The standard InChI is InChI=1S/C17H34O2.C12H27N.C9H14O.C9H12.C7H14O.C6H12O.C6H10O.C4H10O2.C3H6O3/c1-4-5-6-7-8-9-10-11-12-13-14-15-17(18)19-16(2)3;1-2-3-4-5-6-7-8-9-10-11-12-13;1-7-4-8(10)6-9(2,3)5-7;1-8(2)9-6-4-3-5-7-9;1-6(2)4-5-7(3)8;2*1-5(2)4-6(3)7;1-3-4(5)6-2;1-2(4)3(5)6/h16H,4-15H2,1-3H3;2-13H2,1H3;4H,5-6H2,1-3H3;3-8H,1-2H3;6H,4-5H2,1-3H3;5H,4H2,1-3H3;4H,1-3H3;4-5H,3H2,1-2H3;2,4H,1H3,(H,5,6). The molecule has 0 saturated heterocycles. The first-order valence-electron chi connectivity index (χ1n) is 33.1. The van der Waals surface area contributed by atoms with Crippen LogP contribution < -0.4 is 5.73 Å². The molecule has 2 rings (SSSR count). The predicted molar refractivity (Wildman–Crippen MR) is 363 cm³/mol. The summed E-state index contributed by atoms with van der Waals surface area (Å²) in [6.45, 7) is 39.9. The maximum absolute atomic E-state index is 11.3. The lowest BCUT2D eigenvalue weighted by Crippen LogP contribution is -2.20. The number of rotatable bonds is 33. The number of aliphatic hydroxyl groups excluding tert-OH is 2. The van der Waals surface area contributed by atoms with Gasteiger partial charge in [0.1, 0.15) is 17.7 Å². The summed E-state index contributed by atoms with van der Waals surface area (Å²) >= 11 is 0. The van der Waals surface area contributed by atoms with E-state index in [4.69, 9.17) is 25.8 Å². The fourth-order valence-electron chi connectivity index (χ4n) is 8.03. The van der Waals surface area contributed by atoms with Crippen LogP contribution in [0.5, 0.6) is 0 Å². The number of nitrogens with two attached hydrogens (primary N) is 1. The van der Waals surface area contributed by atoms with Crippen LogP contribution in [0.4, 0.5) is 0 Å². The highest BCUT2D eigenvalue weighted by Gasteiger charge is 2.25. The number of carbonyl (C=O) groups is 6. The Kier molecular flexibility index (Phi) is 77.3. The van der Waals surface area contributed by atoms with Crippen LogP contribution in [-0.2, 0) is 38.2 Å². The van der Waals surface area contributed by atoms with Crippen LogP contribution in [0, 0.1) is 17.3 Å². The number of allylic oxidation sites excluding steroid dienone is 4. The number of methoxy groups -OCH3 is 1. The normalized spacial score (nSPS) is 12.4. The Labute approximate surface area is 524 Å². The minimum Gasteiger partial charge on any atom is -0.479 e. The molecule has 0 heterocycles. The first kappa shape index (κ1) is 94.8. The van der Waals surface area contributed by atoms with Gasteiger partial charge in [-0.05, 0) is 142 Å². The van der Waals surface area contributed by atoms with Gasteiger partial charge in [0, 0.05) is 32.8 Å². The fraction of sp³-hybridized carbons (Fsp3) is 0.781. The van der Waals surface area contributed by atoms with Crippen molar-refractivity contribution in [2.45, 2.75) is 343 Å². The first-order chi connectivity index (χ1) is 39.7. The summed E-state index contributed by atoms with van der Waals surface area (Å²) < 4.78 is 9.56. The SMILES string of the molecule is CC(=O)C=C(C)C.CC(=O)CC(C)C.CC(=O)CCC(C)C.CC(C)c1ccccc1.CC(O)C(=O)O.CC1=CC(=O)CC(C)(C)C1.CCC(O)OC.CCCCCCCCCCCCCC(=O)OC(C)C.CCCCCCCCCCCCN. The number of aliphatic carboxylic acids is 1. The zero-order chi connectivity index (χ0) is 67.0. The lowest BCUT2D eigenvalue weighted by atomic mass is 9.77. The molecule has 1 aliphatic rings. The van der Waals surface area contributed by atoms with Crippen LogP contribution >= 0.6 is 0 Å². The molecule has 1 aromatic rings. The zero-order valence-corrected chi connectivity index (χ0v) is 59.2. The van der Waals surface area contributed by atoms with Crippen molar-refractivity contribution < 1.29 is 53.6 Å². The minimum absolute atomic E-state index is 0.0280. The van der Waals surface area contributed by atoms with Crippen molar-refractivity contribution in [3.8, 4) is 0 Å². The van der Waals surface area contributed by atoms with Crippen LogP contribution in [0.1, 0.15) is 330 Å². The molecular formula is C73H139NO11. The Morgan fingerprint density at radius 3 is 1.24 bits per heavy atom. The molecule has 0 fully saturated rings. The number of hydrogen-bond donors (Lipinski definition) is 4. The number of aliphatic hydroxyl groups is 2. The van der Waals surface area contributed by atoms with Gasteiger partial charge in [-0.1, -0.05) is 240 Å². The second-order valence-electron chi connectivity index (χ2n) is 25.2. The molecule has 1 aliphatic carbocycles. The van der Waals surface area contributed by atoms with E-state index in [0.29, 0.717) is 42.8 Å². The van der Waals surface area contributed by atoms with Gasteiger partial charge in [0.15, 0.2) is 17.9 Å². The number of carboxylic acid groups (broad SMARTS) is 1. The van der Waals surface area contributed by atoms with Gasteiger partial charge in [-0.15, -0.1) is 0 Å². The third kappa shape index (κ3) is 99.5. The maximum Gasteiger partial charge on any atom is 0.332 e. The van der Waals surface area contributed by atoms with Gasteiger partial charge in [-0.3, -0.25) is 14.4 Å². The molecule has 0 bridgehead atoms. The van der Waals surface area contributed by atoms with Crippen LogP contribution in [0.2, 0.25) is 0 Å². The number of Topliss-reactive ketones (excluding diaryl/α,β-unsaturated/α-hetero) is 2. The molecule has 12 heteroatoms. The summed E-state index contributed by atoms with van der Waals surface area (Å²) in [4.78, 5) is 62.5. The van der Waals surface area contributed by atoms with Crippen LogP contribution in [0.15, 0.2) is 53.6 Å². The maximum atomic E-state index is 11.3. The van der Waals surface area contributed by atoms with Gasteiger partial charge >= 0.3 is 11.9 Å². The van der Waals surface area contributed by atoms with E-state index in [0.717, 1.165) is 44.2 Å². The first-order valence-corrected chi connectivity index (χ1v) is 33.1. The van der Waals surface area contributed by atoms with Gasteiger partial charge < -0.3 is 40.1 Å². The highest BCUT2D eigenvalue weighted by Crippen LogP contribution is 2.33. The van der Waals surface area contributed by atoms with Crippen LogP contribution in [-0.4, -0.2) is 82.5 Å². The van der Waals surface area contributed by atoms with Gasteiger partial charge in [-0.25, -0.2) is 4.79 Å². The Morgan fingerprint density at radius 2 is 1.02 bits per heavy atom. The molecule has 12 nitrogen and oxygen atoms in total. The van der Waals surface area contributed by atoms with Gasteiger partial charge in [-0.2, -0.15) is 0 Å². The Hall–Kier alpha value is -3.84. The monoisotopic (exact) mass is 1210 g/mol. The molecule has 1 aromatic carbocycles. The summed E-state index contributed by atoms with van der Waals surface area (Å²) in [5, 5.41) is 24.2. The average Bonchev–Trinajstić information content (AvgIpc) is 3.57.